The molecule has 0 saturated carbocycles. The Morgan fingerprint density at radius 3 is 2.53 bits per heavy atom. The molecule has 1 unspecified atom stereocenters. The topological polar surface area (TPSA) is 36.3 Å². The van der Waals surface area contributed by atoms with Gasteiger partial charge in [-0.05, 0) is 31.3 Å². The number of benzene rings is 1. The van der Waals surface area contributed by atoms with Gasteiger partial charge < -0.3 is 4.74 Å². The van der Waals surface area contributed by atoms with Gasteiger partial charge in [0.2, 0.25) is 0 Å². The van der Waals surface area contributed by atoms with E-state index in [4.69, 9.17) is 4.74 Å². The van der Waals surface area contributed by atoms with Crippen molar-refractivity contribution in [2.24, 2.45) is 0 Å². The first-order valence-electron chi connectivity index (χ1n) is 5.65. The molecule has 0 fully saturated rings. The van der Waals surface area contributed by atoms with E-state index in [1.165, 1.54) is 0 Å². The number of halogens is 1. The first-order valence-corrected chi connectivity index (χ1v) is 6.44. The van der Waals surface area contributed by atoms with Gasteiger partial charge in [0.1, 0.15) is 11.8 Å². The first-order chi connectivity index (χ1) is 8.17. The molecule has 0 aliphatic rings. The summed E-state index contributed by atoms with van der Waals surface area (Å²) in [5.74, 6) is 0.756. The van der Waals surface area contributed by atoms with Gasteiger partial charge in [-0.15, -0.1) is 0 Å². The second kappa shape index (κ2) is 6.63. The van der Waals surface area contributed by atoms with E-state index in [1.54, 1.807) is 7.11 Å². The highest BCUT2D eigenvalue weighted by Crippen LogP contribution is 2.31. The Kier molecular flexibility index (Phi) is 5.46. The van der Waals surface area contributed by atoms with Crippen LogP contribution in [0, 0.1) is 11.3 Å². The quantitative estimate of drug-likeness (QED) is 0.836. The first kappa shape index (κ1) is 14.0. The highest BCUT2D eigenvalue weighted by Gasteiger charge is 2.21. The summed E-state index contributed by atoms with van der Waals surface area (Å²) < 4.78 is 6.28. The van der Waals surface area contributed by atoms with E-state index >= 15 is 0 Å². The molecule has 0 amide bonds. The van der Waals surface area contributed by atoms with E-state index < -0.39 is 0 Å². The third kappa shape index (κ3) is 3.21. The zero-order valence-corrected chi connectivity index (χ0v) is 12.0. The van der Waals surface area contributed by atoms with E-state index in [2.05, 4.69) is 40.7 Å². The molecule has 3 nitrogen and oxygen atoms in total. The molecule has 92 valence electrons. The summed E-state index contributed by atoms with van der Waals surface area (Å²) in [6, 6.07) is 7.83. The molecule has 0 saturated heterocycles. The number of nitrogens with zero attached hydrogens (tertiary/aromatic N) is 2. The Labute approximate surface area is 111 Å². The van der Waals surface area contributed by atoms with Crippen molar-refractivity contribution in [2.75, 3.05) is 20.2 Å². The summed E-state index contributed by atoms with van der Waals surface area (Å²) in [6.45, 7) is 5.78. The zero-order valence-electron chi connectivity index (χ0n) is 10.4. The number of methoxy groups -OCH3 is 1. The van der Waals surface area contributed by atoms with Crippen LogP contribution in [-0.2, 0) is 0 Å². The maximum absolute atomic E-state index is 9.36. The van der Waals surface area contributed by atoms with Gasteiger partial charge in [-0.2, -0.15) is 5.26 Å². The molecule has 0 bridgehead atoms. The van der Waals surface area contributed by atoms with Crippen LogP contribution >= 0.6 is 15.9 Å². The second-order valence-electron chi connectivity index (χ2n) is 3.64. The summed E-state index contributed by atoms with van der Waals surface area (Å²) in [6.07, 6.45) is 0. The summed E-state index contributed by atoms with van der Waals surface area (Å²) in [5, 5.41) is 9.36. The molecule has 0 aromatic heterocycles. The minimum absolute atomic E-state index is 0.266. The minimum Gasteiger partial charge on any atom is -0.496 e. The molecular formula is C13H17BrN2O. The van der Waals surface area contributed by atoms with Crippen LogP contribution in [-0.4, -0.2) is 25.1 Å². The summed E-state index contributed by atoms with van der Waals surface area (Å²) in [4.78, 5) is 2.10. The lowest BCUT2D eigenvalue weighted by atomic mass is 10.1. The number of ether oxygens (including phenoxy) is 1. The number of hydrogen-bond donors (Lipinski definition) is 0. The van der Waals surface area contributed by atoms with Crippen LogP contribution in [0.4, 0.5) is 0 Å². The molecule has 1 aromatic rings. The molecule has 0 aliphatic carbocycles. The van der Waals surface area contributed by atoms with Crippen molar-refractivity contribution in [2.45, 2.75) is 19.9 Å². The molecule has 4 heteroatoms. The fourth-order valence-corrected chi connectivity index (χ4v) is 2.23. The van der Waals surface area contributed by atoms with E-state index in [1.807, 2.05) is 18.2 Å². The highest BCUT2D eigenvalue weighted by atomic mass is 79.9. The average Bonchev–Trinajstić information content (AvgIpc) is 2.35. The molecule has 0 N–H and O–H groups in total. The molecular weight excluding hydrogens is 280 g/mol. The van der Waals surface area contributed by atoms with E-state index in [0.29, 0.717) is 0 Å². The molecule has 1 atom stereocenters. The Morgan fingerprint density at radius 2 is 2.06 bits per heavy atom. The average molecular weight is 297 g/mol. The third-order valence-corrected chi connectivity index (χ3v) is 3.28. The van der Waals surface area contributed by atoms with Gasteiger partial charge in [0.15, 0.2) is 0 Å². The molecule has 0 spiro atoms. The smallest absolute Gasteiger partial charge is 0.127 e. The normalized spacial score (nSPS) is 12.2. The summed E-state index contributed by atoms with van der Waals surface area (Å²) in [7, 11) is 1.63. The second-order valence-corrected chi connectivity index (χ2v) is 4.55. The summed E-state index contributed by atoms with van der Waals surface area (Å²) >= 11 is 3.43. The maximum atomic E-state index is 9.36. The molecule has 0 aliphatic heterocycles. The highest BCUT2D eigenvalue weighted by molar-refractivity contribution is 9.10. The molecule has 1 rings (SSSR count). The molecule has 0 heterocycles. The van der Waals surface area contributed by atoms with Gasteiger partial charge in [-0.3, -0.25) is 4.90 Å². The van der Waals surface area contributed by atoms with Crippen LogP contribution in [0.2, 0.25) is 0 Å². The number of rotatable bonds is 5. The third-order valence-electron chi connectivity index (χ3n) is 2.79. The van der Waals surface area contributed by atoms with Crippen molar-refractivity contribution in [3.8, 4) is 11.8 Å². The maximum Gasteiger partial charge on any atom is 0.127 e. The van der Waals surface area contributed by atoms with Gasteiger partial charge >= 0.3 is 0 Å². The fourth-order valence-electron chi connectivity index (χ4n) is 1.86. The van der Waals surface area contributed by atoms with Crippen molar-refractivity contribution >= 4 is 15.9 Å². The molecule has 0 radical (unpaired) electrons. The van der Waals surface area contributed by atoms with E-state index in [0.717, 1.165) is 28.9 Å². The largest absolute Gasteiger partial charge is 0.496 e. The fraction of sp³-hybridized carbons (Fsp3) is 0.462. The van der Waals surface area contributed by atoms with E-state index in [-0.39, 0.29) is 6.04 Å². The SMILES string of the molecule is CCN(CC)C(C#N)c1cc(Br)ccc1OC. The molecule has 17 heavy (non-hydrogen) atoms. The van der Waals surface area contributed by atoms with Gasteiger partial charge in [-0.25, -0.2) is 0 Å². The lowest BCUT2D eigenvalue weighted by molar-refractivity contribution is 0.257. The van der Waals surface area contributed by atoms with Gasteiger partial charge in [-0.1, -0.05) is 29.8 Å². The Hall–Kier alpha value is -1.05. The standard InChI is InChI=1S/C13H17BrN2O/c1-4-16(5-2)12(9-15)11-8-10(14)6-7-13(11)17-3/h6-8,12H,4-5H2,1-3H3. The van der Waals surface area contributed by atoms with Crippen molar-refractivity contribution in [1.82, 2.24) is 4.90 Å². The van der Waals surface area contributed by atoms with Crippen LogP contribution in [0.15, 0.2) is 22.7 Å². The lowest BCUT2D eigenvalue weighted by Crippen LogP contribution is -2.27. The van der Waals surface area contributed by atoms with Gasteiger partial charge in [0, 0.05) is 10.0 Å². The van der Waals surface area contributed by atoms with E-state index in [9.17, 15) is 5.26 Å². The predicted octanol–water partition coefficient (Wildman–Crippen LogP) is 3.36. The van der Waals surface area contributed by atoms with Gasteiger partial charge in [0.05, 0.1) is 13.2 Å². The monoisotopic (exact) mass is 296 g/mol. The number of hydrogen-bond acceptors (Lipinski definition) is 3. The van der Waals surface area contributed by atoms with Crippen molar-refractivity contribution in [1.29, 1.82) is 5.26 Å². The van der Waals surface area contributed by atoms with Crippen LogP contribution in [0.1, 0.15) is 25.5 Å². The Morgan fingerprint density at radius 1 is 1.41 bits per heavy atom. The zero-order chi connectivity index (χ0) is 12.8. The van der Waals surface area contributed by atoms with Crippen molar-refractivity contribution in [3.05, 3.63) is 28.2 Å². The lowest BCUT2D eigenvalue weighted by Gasteiger charge is -2.25. The molecule has 1 aromatic carbocycles. The summed E-state index contributed by atoms with van der Waals surface area (Å²) in [5.41, 5.74) is 0.910. The predicted molar refractivity (Wildman–Crippen MR) is 72.0 cm³/mol. The van der Waals surface area contributed by atoms with Crippen LogP contribution in [0.3, 0.4) is 0 Å². The van der Waals surface area contributed by atoms with Crippen LogP contribution in [0.5, 0.6) is 5.75 Å². The van der Waals surface area contributed by atoms with Gasteiger partial charge in [0.25, 0.3) is 0 Å². The minimum atomic E-state index is -0.266. The van der Waals surface area contributed by atoms with Crippen LogP contribution in [0.25, 0.3) is 0 Å². The van der Waals surface area contributed by atoms with Crippen molar-refractivity contribution < 1.29 is 4.74 Å². The Balaban J connectivity index is 3.19. The van der Waals surface area contributed by atoms with Crippen molar-refractivity contribution in [3.63, 3.8) is 0 Å². The number of nitriles is 1. The van der Waals surface area contributed by atoms with Crippen LogP contribution < -0.4 is 4.74 Å². The Bertz CT molecular complexity index is 410.